The van der Waals surface area contributed by atoms with Gasteiger partial charge in [0.05, 0.1) is 0 Å². The van der Waals surface area contributed by atoms with Gasteiger partial charge in [-0.3, -0.25) is 4.90 Å². The Labute approximate surface area is 106 Å². The first-order chi connectivity index (χ1) is 8.78. The number of nitrogens with zero attached hydrogens (tertiary/aromatic N) is 1. The highest BCUT2D eigenvalue weighted by Crippen LogP contribution is 2.45. The SMILES string of the molecule is C=C=Cc1cc2cc(C3CC4C=CC3N4C)c1o2. The molecular formula is C16H15NO. The van der Waals surface area contributed by atoms with Crippen molar-refractivity contribution in [3.8, 4) is 0 Å². The Hall–Kier alpha value is -1.76. The Balaban J connectivity index is 1.81. The second-order valence-corrected chi connectivity index (χ2v) is 5.33. The first-order valence-electron chi connectivity index (χ1n) is 6.40. The predicted octanol–water partition coefficient (Wildman–Crippen LogP) is 3.39. The van der Waals surface area contributed by atoms with Crippen molar-refractivity contribution in [2.45, 2.75) is 24.4 Å². The first-order valence-corrected chi connectivity index (χ1v) is 6.40. The lowest BCUT2D eigenvalue weighted by Crippen LogP contribution is -2.25. The lowest BCUT2D eigenvalue weighted by molar-refractivity contribution is 0.326. The molecule has 0 aliphatic carbocycles. The van der Waals surface area contributed by atoms with Gasteiger partial charge in [-0.15, -0.1) is 5.73 Å². The van der Waals surface area contributed by atoms with E-state index in [1.165, 1.54) is 12.0 Å². The van der Waals surface area contributed by atoms with Crippen LogP contribution in [0.1, 0.15) is 23.5 Å². The molecule has 0 spiro atoms. The molecule has 2 heteroatoms. The third-order valence-electron chi connectivity index (χ3n) is 4.43. The highest BCUT2D eigenvalue weighted by atomic mass is 16.3. The summed E-state index contributed by atoms with van der Waals surface area (Å²) in [6.45, 7) is 3.64. The summed E-state index contributed by atoms with van der Waals surface area (Å²) in [5.41, 5.74) is 7.31. The van der Waals surface area contributed by atoms with Gasteiger partial charge in [-0.05, 0) is 31.7 Å². The molecule has 4 bridgehead atoms. The Bertz CT molecular complexity index is 674. The van der Waals surface area contributed by atoms with E-state index in [0.29, 0.717) is 18.0 Å². The number of rotatable bonds is 2. The predicted molar refractivity (Wildman–Crippen MR) is 72.8 cm³/mol. The molecule has 3 unspecified atom stereocenters. The average molecular weight is 237 g/mol. The van der Waals surface area contributed by atoms with E-state index in [4.69, 9.17) is 4.42 Å². The smallest absolute Gasteiger partial charge is 0.139 e. The van der Waals surface area contributed by atoms with Gasteiger partial charge in [-0.1, -0.05) is 18.7 Å². The maximum atomic E-state index is 5.81. The Morgan fingerprint density at radius 1 is 1.44 bits per heavy atom. The number of benzene rings is 1. The zero-order chi connectivity index (χ0) is 12.3. The maximum Gasteiger partial charge on any atom is 0.139 e. The van der Waals surface area contributed by atoms with E-state index in [2.05, 4.69) is 48.5 Å². The minimum Gasteiger partial charge on any atom is -0.456 e. The van der Waals surface area contributed by atoms with Gasteiger partial charge >= 0.3 is 0 Å². The number of hydrogen-bond donors (Lipinski definition) is 0. The Morgan fingerprint density at radius 3 is 2.94 bits per heavy atom. The molecule has 2 aliphatic heterocycles. The average Bonchev–Trinajstić information content (AvgIpc) is 3.10. The molecule has 2 aromatic rings. The lowest BCUT2D eigenvalue weighted by atomic mass is 9.87. The summed E-state index contributed by atoms with van der Waals surface area (Å²) in [6.07, 6.45) is 7.77. The molecule has 2 aromatic heterocycles. The molecule has 4 heterocycles. The molecule has 90 valence electrons. The maximum absolute atomic E-state index is 5.81. The standard InChI is InChI=1S/C16H15NO/c1-3-4-10-7-12-9-14(16(10)18-12)13-8-11-5-6-15(13)17(11)2/h4-7,9,11,13,15H,1,8H2,2H3. The lowest BCUT2D eigenvalue weighted by Gasteiger charge is -2.19. The minimum atomic E-state index is 0.534. The van der Waals surface area contributed by atoms with Crippen LogP contribution in [0.15, 0.2) is 41.0 Å². The fourth-order valence-corrected chi connectivity index (χ4v) is 3.54. The van der Waals surface area contributed by atoms with Crippen molar-refractivity contribution in [3.63, 3.8) is 0 Å². The topological polar surface area (TPSA) is 16.4 Å². The van der Waals surface area contributed by atoms with Crippen LogP contribution >= 0.6 is 0 Å². The van der Waals surface area contributed by atoms with Crippen LogP contribution < -0.4 is 0 Å². The van der Waals surface area contributed by atoms with Gasteiger partial charge in [0.1, 0.15) is 11.2 Å². The van der Waals surface area contributed by atoms with Gasteiger partial charge in [0, 0.05) is 29.1 Å². The monoisotopic (exact) mass is 237 g/mol. The summed E-state index contributed by atoms with van der Waals surface area (Å²) >= 11 is 0. The van der Waals surface area contributed by atoms with Crippen molar-refractivity contribution < 1.29 is 4.42 Å². The molecule has 1 saturated heterocycles. The summed E-state index contributed by atoms with van der Waals surface area (Å²) in [7, 11) is 2.21. The zero-order valence-electron chi connectivity index (χ0n) is 10.4. The van der Waals surface area contributed by atoms with E-state index < -0.39 is 0 Å². The summed E-state index contributed by atoms with van der Waals surface area (Å²) in [4.78, 5) is 2.45. The van der Waals surface area contributed by atoms with Crippen LogP contribution in [0.2, 0.25) is 0 Å². The van der Waals surface area contributed by atoms with E-state index in [1.54, 1.807) is 0 Å². The van der Waals surface area contributed by atoms with Gasteiger partial charge in [0.15, 0.2) is 0 Å². The van der Waals surface area contributed by atoms with Gasteiger partial charge in [-0.25, -0.2) is 0 Å². The molecule has 0 saturated carbocycles. The third kappa shape index (κ3) is 1.17. The van der Waals surface area contributed by atoms with Gasteiger partial charge in [0.2, 0.25) is 0 Å². The Morgan fingerprint density at radius 2 is 2.33 bits per heavy atom. The van der Waals surface area contributed by atoms with Crippen LogP contribution in [0.4, 0.5) is 0 Å². The van der Waals surface area contributed by atoms with Crippen molar-refractivity contribution in [2.75, 3.05) is 7.05 Å². The fraction of sp³-hybridized carbons (Fsp3) is 0.312. The van der Waals surface area contributed by atoms with E-state index in [0.717, 1.165) is 16.7 Å². The summed E-state index contributed by atoms with van der Waals surface area (Å²) in [5.74, 6) is 0.569. The molecule has 1 fully saturated rings. The van der Waals surface area contributed by atoms with Crippen molar-refractivity contribution in [1.29, 1.82) is 0 Å². The fourth-order valence-electron chi connectivity index (χ4n) is 3.54. The van der Waals surface area contributed by atoms with E-state index >= 15 is 0 Å². The quantitative estimate of drug-likeness (QED) is 0.588. The molecule has 0 N–H and O–H groups in total. The number of likely N-dealkylation sites (N-methyl/N-ethyl adjacent to an activating group) is 1. The second-order valence-electron chi connectivity index (χ2n) is 5.33. The van der Waals surface area contributed by atoms with Crippen LogP contribution in [0.5, 0.6) is 0 Å². The molecule has 2 nitrogen and oxygen atoms in total. The molecule has 2 aliphatic rings. The number of hydrogen-bond acceptors (Lipinski definition) is 2. The second kappa shape index (κ2) is 3.38. The number of fused-ring (bicyclic) bond motifs is 4. The number of furan rings is 2. The summed E-state index contributed by atoms with van der Waals surface area (Å²) in [6, 6.07) is 5.39. The van der Waals surface area contributed by atoms with E-state index in [9.17, 15) is 0 Å². The van der Waals surface area contributed by atoms with E-state index in [-0.39, 0.29) is 0 Å². The van der Waals surface area contributed by atoms with Crippen LogP contribution in [0, 0.1) is 0 Å². The highest BCUT2D eigenvalue weighted by molar-refractivity contribution is 5.80. The highest BCUT2D eigenvalue weighted by Gasteiger charge is 2.42. The molecule has 0 aromatic carbocycles. The molecule has 0 amide bonds. The van der Waals surface area contributed by atoms with Crippen molar-refractivity contribution in [3.05, 3.63) is 47.7 Å². The molecule has 18 heavy (non-hydrogen) atoms. The van der Waals surface area contributed by atoms with Crippen molar-refractivity contribution >= 4 is 17.2 Å². The molecular weight excluding hydrogens is 222 g/mol. The van der Waals surface area contributed by atoms with Crippen molar-refractivity contribution in [1.82, 2.24) is 4.90 Å². The van der Waals surface area contributed by atoms with Gasteiger partial charge in [-0.2, -0.15) is 0 Å². The zero-order valence-corrected chi connectivity index (χ0v) is 10.4. The first kappa shape index (κ1) is 10.2. The van der Waals surface area contributed by atoms with Crippen molar-refractivity contribution in [2.24, 2.45) is 0 Å². The van der Waals surface area contributed by atoms with Gasteiger partial charge < -0.3 is 4.42 Å². The van der Waals surface area contributed by atoms with Gasteiger partial charge in [0.25, 0.3) is 0 Å². The largest absolute Gasteiger partial charge is 0.456 e. The Kier molecular flexibility index (Phi) is 1.91. The summed E-state index contributed by atoms with van der Waals surface area (Å²) < 4.78 is 5.81. The van der Waals surface area contributed by atoms with E-state index in [1.807, 2.05) is 6.08 Å². The van der Waals surface area contributed by atoms with Crippen LogP contribution in [0.25, 0.3) is 17.2 Å². The summed E-state index contributed by atoms with van der Waals surface area (Å²) in [5, 5.41) is 0. The molecule has 4 rings (SSSR count). The van der Waals surface area contributed by atoms with Crippen LogP contribution in [-0.2, 0) is 0 Å². The minimum absolute atomic E-state index is 0.534. The van der Waals surface area contributed by atoms with Crippen LogP contribution in [0.3, 0.4) is 0 Å². The normalized spacial score (nSPS) is 30.4. The van der Waals surface area contributed by atoms with Crippen LogP contribution in [-0.4, -0.2) is 24.0 Å². The molecule has 3 atom stereocenters. The molecule has 0 radical (unpaired) electrons. The third-order valence-corrected chi connectivity index (χ3v) is 4.43.